The molecule has 16 heteroatoms. The van der Waals surface area contributed by atoms with Crippen LogP contribution in [0.15, 0.2) is 24.3 Å². The second kappa shape index (κ2) is 12.6. The zero-order valence-electron chi connectivity index (χ0n) is 16.0. The van der Waals surface area contributed by atoms with Crippen molar-refractivity contribution in [1.82, 2.24) is 5.32 Å². The summed E-state index contributed by atoms with van der Waals surface area (Å²) < 4.78 is 33.9. The number of nitro benzene ring substituents is 1. The van der Waals surface area contributed by atoms with Gasteiger partial charge in [0.15, 0.2) is 6.10 Å². The highest BCUT2D eigenvalue weighted by Gasteiger charge is 2.23. The maximum absolute atomic E-state index is 11.8. The van der Waals surface area contributed by atoms with Crippen molar-refractivity contribution in [1.29, 1.82) is 0 Å². The van der Waals surface area contributed by atoms with Crippen LogP contribution in [0.1, 0.15) is 0 Å². The summed E-state index contributed by atoms with van der Waals surface area (Å²) in [5.41, 5.74) is -0.236. The largest absolute Gasteiger partial charge is 0.513 e. The summed E-state index contributed by atoms with van der Waals surface area (Å²) in [5, 5.41) is 12.7. The number of nitro groups is 1. The number of carbonyl (C=O) groups is 3. The Hall–Kier alpha value is -3.10. The molecule has 31 heavy (non-hydrogen) atoms. The number of ether oxygens (including phenoxy) is 4. The molecule has 1 unspecified atom stereocenters. The fourth-order valence-corrected chi connectivity index (χ4v) is 2.16. The van der Waals surface area contributed by atoms with Crippen molar-refractivity contribution >= 4 is 31.5 Å². The molecule has 0 saturated carbocycles. The lowest BCUT2D eigenvalue weighted by atomic mass is 10.3. The van der Waals surface area contributed by atoms with Crippen molar-refractivity contribution in [2.45, 2.75) is 6.10 Å². The van der Waals surface area contributed by atoms with E-state index in [-0.39, 0.29) is 18.0 Å². The molecule has 1 rings (SSSR count). The molecule has 0 aromatic heterocycles. The summed E-state index contributed by atoms with van der Waals surface area (Å²) in [6, 6.07) is 4.44. The zero-order valence-corrected chi connectivity index (χ0v) is 16.9. The van der Waals surface area contributed by atoms with Crippen LogP contribution >= 0.6 is 7.82 Å². The van der Waals surface area contributed by atoms with E-state index in [1.807, 2.05) is 0 Å². The summed E-state index contributed by atoms with van der Waals surface area (Å²) in [4.78, 5) is 62.2. The van der Waals surface area contributed by atoms with Crippen LogP contribution in [0.2, 0.25) is 0 Å². The lowest BCUT2D eigenvalue weighted by molar-refractivity contribution is -0.384. The predicted molar refractivity (Wildman–Crippen MR) is 97.8 cm³/mol. The third-order valence-corrected chi connectivity index (χ3v) is 3.55. The minimum Gasteiger partial charge on any atom is -0.455 e. The SMILES string of the molecule is COCC(=O)NCC(=O)OC(COC(=O)Oc1ccc([N+](=O)[O-])cc1)COP(=O)(O)O. The predicted octanol–water partition coefficient (Wildman–Crippen LogP) is -0.106. The van der Waals surface area contributed by atoms with Crippen molar-refractivity contribution in [3.8, 4) is 5.75 Å². The van der Waals surface area contributed by atoms with Gasteiger partial charge in [0.1, 0.15) is 25.5 Å². The molecule has 0 aliphatic heterocycles. The molecule has 1 amide bonds. The maximum Gasteiger partial charge on any atom is 0.513 e. The van der Waals surface area contributed by atoms with Crippen molar-refractivity contribution in [2.24, 2.45) is 0 Å². The second-order valence-corrected chi connectivity index (χ2v) is 6.76. The molecule has 1 atom stereocenters. The number of methoxy groups -OCH3 is 1. The van der Waals surface area contributed by atoms with Crippen molar-refractivity contribution < 1.29 is 57.1 Å². The number of hydrogen-bond donors (Lipinski definition) is 3. The minimum atomic E-state index is -4.92. The van der Waals surface area contributed by atoms with Gasteiger partial charge in [0.2, 0.25) is 5.91 Å². The molecule has 3 N–H and O–H groups in total. The third-order valence-electron chi connectivity index (χ3n) is 3.07. The van der Waals surface area contributed by atoms with E-state index in [4.69, 9.17) is 24.0 Å². The second-order valence-electron chi connectivity index (χ2n) is 5.52. The fraction of sp³-hybridized carbons (Fsp3) is 0.400. The molecule has 0 spiro atoms. The topological polar surface area (TPSA) is 210 Å². The molecular formula is C15H19N2O13P. The van der Waals surface area contributed by atoms with Gasteiger partial charge in [-0.05, 0) is 12.1 Å². The summed E-state index contributed by atoms with van der Waals surface area (Å²) in [5.74, 6) is -1.72. The van der Waals surface area contributed by atoms with Gasteiger partial charge in [-0.15, -0.1) is 0 Å². The van der Waals surface area contributed by atoms with Crippen LogP contribution < -0.4 is 10.1 Å². The molecule has 1 aromatic carbocycles. The zero-order chi connectivity index (χ0) is 23.4. The van der Waals surface area contributed by atoms with E-state index in [9.17, 15) is 29.1 Å². The van der Waals surface area contributed by atoms with Crippen LogP contribution in [0.4, 0.5) is 10.5 Å². The number of nitrogens with one attached hydrogen (secondary N) is 1. The first-order valence-electron chi connectivity index (χ1n) is 8.24. The van der Waals surface area contributed by atoms with E-state index in [1.165, 1.54) is 7.11 Å². The summed E-state index contributed by atoms with van der Waals surface area (Å²) in [6.07, 6.45) is -2.75. The lowest BCUT2D eigenvalue weighted by Crippen LogP contribution is -2.37. The van der Waals surface area contributed by atoms with Crippen molar-refractivity contribution in [3.63, 3.8) is 0 Å². The number of non-ortho nitro benzene ring substituents is 1. The van der Waals surface area contributed by atoms with Crippen LogP contribution in [0, 0.1) is 10.1 Å². The fourth-order valence-electron chi connectivity index (χ4n) is 1.80. The van der Waals surface area contributed by atoms with E-state index < -0.39 is 56.6 Å². The molecule has 172 valence electrons. The van der Waals surface area contributed by atoms with Crippen LogP contribution in [-0.4, -0.2) is 72.3 Å². The Morgan fingerprint density at radius 1 is 1.19 bits per heavy atom. The van der Waals surface area contributed by atoms with Gasteiger partial charge in [0, 0.05) is 19.2 Å². The number of benzene rings is 1. The first-order valence-corrected chi connectivity index (χ1v) is 9.77. The first kappa shape index (κ1) is 25.9. The van der Waals surface area contributed by atoms with E-state index in [0.29, 0.717) is 0 Å². The number of hydrogen-bond acceptors (Lipinski definition) is 11. The minimum absolute atomic E-state index is 0.0866. The Balaban J connectivity index is 2.59. The van der Waals surface area contributed by atoms with Crippen LogP contribution in [0.5, 0.6) is 5.75 Å². The number of carbonyl (C=O) groups excluding carboxylic acids is 3. The van der Waals surface area contributed by atoms with Crippen LogP contribution in [0.3, 0.4) is 0 Å². The Labute approximate surface area is 174 Å². The molecule has 0 aliphatic carbocycles. The smallest absolute Gasteiger partial charge is 0.455 e. The molecule has 0 fully saturated rings. The number of nitrogens with zero attached hydrogens (tertiary/aromatic N) is 1. The lowest BCUT2D eigenvalue weighted by Gasteiger charge is -2.18. The van der Waals surface area contributed by atoms with Crippen LogP contribution in [0.25, 0.3) is 0 Å². The molecule has 0 aliphatic rings. The van der Waals surface area contributed by atoms with E-state index in [1.54, 1.807) is 0 Å². The van der Waals surface area contributed by atoms with Gasteiger partial charge >= 0.3 is 19.9 Å². The van der Waals surface area contributed by atoms with Gasteiger partial charge in [-0.1, -0.05) is 0 Å². The average molecular weight is 466 g/mol. The third kappa shape index (κ3) is 11.6. The van der Waals surface area contributed by atoms with Crippen molar-refractivity contribution in [3.05, 3.63) is 34.4 Å². The Morgan fingerprint density at radius 3 is 2.39 bits per heavy atom. The summed E-state index contributed by atoms with van der Waals surface area (Å²) in [7, 11) is -3.66. The van der Waals surface area contributed by atoms with Crippen molar-refractivity contribution in [2.75, 3.05) is 33.5 Å². The monoisotopic (exact) mass is 466 g/mol. The molecule has 0 saturated heterocycles. The highest BCUT2D eigenvalue weighted by atomic mass is 31.2. The molecular weight excluding hydrogens is 447 g/mol. The average Bonchev–Trinajstić information content (AvgIpc) is 2.68. The van der Waals surface area contributed by atoms with Gasteiger partial charge in [-0.25, -0.2) is 9.36 Å². The molecule has 1 aromatic rings. The molecule has 0 bridgehead atoms. The highest BCUT2D eigenvalue weighted by Crippen LogP contribution is 2.35. The highest BCUT2D eigenvalue weighted by molar-refractivity contribution is 7.46. The normalized spacial score (nSPS) is 11.8. The molecule has 0 heterocycles. The van der Waals surface area contributed by atoms with E-state index in [0.717, 1.165) is 24.3 Å². The first-order chi connectivity index (χ1) is 14.5. The number of phosphoric ester groups is 1. The van der Waals surface area contributed by atoms with Crippen LogP contribution in [-0.2, 0) is 32.9 Å². The summed E-state index contributed by atoms with van der Waals surface area (Å²) in [6.45, 7) is -2.46. The number of phosphoric acid groups is 1. The van der Waals surface area contributed by atoms with Gasteiger partial charge in [0.05, 0.1) is 11.5 Å². The Morgan fingerprint density at radius 2 is 1.84 bits per heavy atom. The van der Waals surface area contributed by atoms with Gasteiger partial charge < -0.3 is 34.1 Å². The van der Waals surface area contributed by atoms with E-state index in [2.05, 4.69) is 14.6 Å². The molecule has 0 radical (unpaired) electrons. The van der Waals surface area contributed by atoms with Gasteiger partial charge in [-0.2, -0.15) is 0 Å². The van der Waals surface area contributed by atoms with Gasteiger partial charge in [-0.3, -0.25) is 24.2 Å². The van der Waals surface area contributed by atoms with E-state index >= 15 is 0 Å². The number of amides is 1. The summed E-state index contributed by atoms with van der Waals surface area (Å²) >= 11 is 0. The number of rotatable bonds is 12. The standard InChI is InChI=1S/C15H19N2O13P/c1-26-9-13(18)16-6-14(19)29-12(8-28-31(23,24)25)7-27-15(20)30-11-4-2-10(3-5-11)17(21)22/h2-5,12H,6-9H2,1H3,(H,16,18)(H2,23,24,25). The quantitative estimate of drug-likeness (QED) is 0.121. The maximum atomic E-state index is 11.8. The Kier molecular flexibility index (Phi) is 10.5. The number of esters is 1. The van der Waals surface area contributed by atoms with Gasteiger partial charge in [0.25, 0.3) is 5.69 Å². The molecule has 15 nitrogen and oxygen atoms in total. The Bertz CT molecular complexity index is 823.